The van der Waals surface area contributed by atoms with Crippen molar-refractivity contribution in [1.82, 2.24) is 0 Å². The molecule has 0 aromatic heterocycles. The van der Waals surface area contributed by atoms with Crippen molar-refractivity contribution in [3.63, 3.8) is 0 Å². The van der Waals surface area contributed by atoms with Gasteiger partial charge in [0.25, 0.3) is 0 Å². The lowest BCUT2D eigenvalue weighted by Gasteiger charge is -2.24. The average Bonchev–Trinajstić information content (AvgIpc) is 2.73. The van der Waals surface area contributed by atoms with Crippen molar-refractivity contribution < 1.29 is 0 Å². The minimum absolute atomic E-state index is 0.0213. The molecule has 1 aliphatic carbocycles. The highest BCUT2D eigenvalue weighted by Crippen LogP contribution is 2.24. The molecule has 2 rings (SSSR count). The van der Waals surface area contributed by atoms with Gasteiger partial charge in [-0.05, 0) is 44.4 Å². The van der Waals surface area contributed by atoms with Gasteiger partial charge in [-0.1, -0.05) is 50.3 Å². The number of benzene rings is 1. The lowest BCUT2D eigenvalue weighted by molar-refractivity contribution is 0.745. The van der Waals surface area contributed by atoms with Crippen molar-refractivity contribution in [3.8, 4) is 12.1 Å². The third-order valence-electron chi connectivity index (χ3n) is 4.71. The van der Waals surface area contributed by atoms with Gasteiger partial charge in [-0.3, -0.25) is 4.99 Å². The molecular weight excluding hydrogens is 356 g/mol. The fraction of sp³-hybridized carbons (Fsp3) is 0.400. The molecular formula is C25H30N4. The van der Waals surface area contributed by atoms with Gasteiger partial charge in [0.2, 0.25) is 0 Å². The predicted molar refractivity (Wildman–Crippen MR) is 121 cm³/mol. The van der Waals surface area contributed by atoms with E-state index in [1.165, 1.54) is 5.69 Å². The first-order valence-corrected chi connectivity index (χ1v) is 10.4. The van der Waals surface area contributed by atoms with Gasteiger partial charge in [0.15, 0.2) is 0 Å². The number of hydrogen-bond acceptors (Lipinski definition) is 4. The van der Waals surface area contributed by atoms with Crippen molar-refractivity contribution in [3.05, 3.63) is 65.3 Å². The van der Waals surface area contributed by atoms with Crippen LogP contribution < -0.4 is 4.90 Å². The van der Waals surface area contributed by atoms with E-state index in [1.807, 2.05) is 36.4 Å². The van der Waals surface area contributed by atoms with E-state index >= 15 is 0 Å². The van der Waals surface area contributed by atoms with Crippen LogP contribution in [0.1, 0.15) is 46.1 Å². The lowest BCUT2D eigenvalue weighted by Crippen LogP contribution is -2.25. The number of anilines is 1. The molecule has 4 heteroatoms. The molecule has 150 valence electrons. The summed E-state index contributed by atoms with van der Waals surface area (Å²) in [6, 6.07) is 12.7. The van der Waals surface area contributed by atoms with Gasteiger partial charge < -0.3 is 4.90 Å². The summed E-state index contributed by atoms with van der Waals surface area (Å²) in [7, 11) is 0. The Hall–Kier alpha value is -3.11. The summed E-state index contributed by atoms with van der Waals surface area (Å²) in [5, 5.41) is 18.1. The summed E-state index contributed by atoms with van der Waals surface area (Å²) in [6.07, 6.45) is 9.98. The molecule has 0 atom stereocenters. The molecule has 0 unspecified atom stereocenters. The molecule has 1 aromatic rings. The molecule has 0 saturated carbocycles. The van der Waals surface area contributed by atoms with Crippen molar-refractivity contribution in [2.24, 2.45) is 10.9 Å². The Morgan fingerprint density at radius 2 is 1.55 bits per heavy atom. The minimum Gasteiger partial charge on any atom is -0.372 e. The highest BCUT2D eigenvalue weighted by molar-refractivity contribution is 6.05. The van der Waals surface area contributed by atoms with Crippen molar-refractivity contribution >= 4 is 11.4 Å². The van der Waals surface area contributed by atoms with Crippen LogP contribution in [0.25, 0.3) is 0 Å². The van der Waals surface area contributed by atoms with Gasteiger partial charge in [-0.25, -0.2) is 0 Å². The van der Waals surface area contributed by atoms with Gasteiger partial charge >= 0.3 is 0 Å². The number of nitrogens with zero attached hydrogens (tertiary/aromatic N) is 4. The van der Waals surface area contributed by atoms with Gasteiger partial charge in [0, 0.05) is 36.3 Å². The standard InChI is InChI=1S/C25H30N4/c1-5-15-29(16-6-2)24-13-11-22(12-14-24)25(28-19(3)4)21-9-7-20(8-10-21)23(17-26)18-27/h7-14,19,21H,5-6,15-16H2,1-4H3. The van der Waals surface area contributed by atoms with Crippen LogP contribution in [-0.4, -0.2) is 24.8 Å². The summed E-state index contributed by atoms with van der Waals surface area (Å²) in [5.74, 6) is 0.0213. The van der Waals surface area contributed by atoms with Gasteiger partial charge in [-0.15, -0.1) is 0 Å². The van der Waals surface area contributed by atoms with E-state index in [4.69, 9.17) is 15.5 Å². The molecule has 0 bridgehead atoms. The first kappa shape index (κ1) is 22.2. The highest BCUT2D eigenvalue weighted by Gasteiger charge is 2.17. The quantitative estimate of drug-likeness (QED) is 0.432. The van der Waals surface area contributed by atoms with E-state index in [2.05, 4.69) is 56.9 Å². The second kappa shape index (κ2) is 11.0. The fourth-order valence-corrected chi connectivity index (χ4v) is 3.42. The molecule has 1 aromatic carbocycles. The number of allylic oxidation sites excluding steroid dienone is 6. The Labute approximate surface area is 175 Å². The molecule has 0 N–H and O–H groups in total. The molecule has 0 radical (unpaired) electrons. The van der Waals surface area contributed by atoms with Gasteiger partial charge in [0.1, 0.15) is 17.7 Å². The zero-order chi connectivity index (χ0) is 21.2. The zero-order valence-electron chi connectivity index (χ0n) is 17.9. The van der Waals surface area contributed by atoms with Gasteiger partial charge in [-0.2, -0.15) is 10.5 Å². The van der Waals surface area contributed by atoms with E-state index in [1.54, 1.807) is 0 Å². The Balaban J connectivity index is 2.33. The van der Waals surface area contributed by atoms with Crippen LogP contribution in [0.4, 0.5) is 5.69 Å². The fourth-order valence-electron chi connectivity index (χ4n) is 3.42. The van der Waals surface area contributed by atoms with E-state index < -0.39 is 0 Å². The largest absolute Gasteiger partial charge is 0.372 e. The van der Waals surface area contributed by atoms with Crippen LogP contribution in [0.2, 0.25) is 0 Å². The number of rotatable bonds is 8. The first-order valence-electron chi connectivity index (χ1n) is 10.4. The molecule has 0 fully saturated rings. The molecule has 0 spiro atoms. The smallest absolute Gasteiger partial charge is 0.136 e. The third kappa shape index (κ3) is 5.93. The maximum Gasteiger partial charge on any atom is 0.136 e. The van der Waals surface area contributed by atoms with Crippen molar-refractivity contribution in [2.45, 2.75) is 46.6 Å². The number of hydrogen-bond donors (Lipinski definition) is 0. The number of aliphatic imine (C=N–C) groups is 1. The van der Waals surface area contributed by atoms with Crippen LogP contribution in [0.15, 0.2) is 64.7 Å². The molecule has 0 saturated heterocycles. The zero-order valence-corrected chi connectivity index (χ0v) is 17.9. The Morgan fingerprint density at radius 3 is 2.00 bits per heavy atom. The monoisotopic (exact) mass is 386 g/mol. The first-order chi connectivity index (χ1) is 14.0. The summed E-state index contributed by atoms with van der Waals surface area (Å²) in [4.78, 5) is 7.31. The van der Waals surface area contributed by atoms with Crippen LogP contribution in [-0.2, 0) is 0 Å². The molecule has 1 aliphatic rings. The Kier molecular flexibility index (Phi) is 8.44. The summed E-state index contributed by atoms with van der Waals surface area (Å²) >= 11 is 0. The third-order valence-corrected chi connectivity index (χ3v) is 4.71. The van der Waals surface area contributed by atoms with Gasteiger partial charge in [0.05, 0.1) is 5.71 Å². The molecule has 4 nitrogen and oxygen atoms in total. The second-order valence-electron chi connectivity index (χ2n) is 7.44. The maximum atomic E-state index is 9.07. The van der Waals surface area contributed by atoms with Crippen LogP contribution in [0, 0.1) is 28.6 Å². The highest BCUT2D eigenvalue weighted by atomic mass is 15.1. The van der Waals surface area contributed by atoms with Crippen LogP contribution >= 0.6 is 0 Å². The summed E-state index contributed by atoms with van der Waals surface area (Å²) < 4.78 is 0. The SMILES string of the molecule is CCCN(CCC)c1ccc(C(=NC(C)C)C2C=CC(=C(C#N)C#N)C=C2)cc1. The summed E-state index contributed by atoms with van der Waals surface area (Å²) in [5.41, 5.74) is 4.14. The van der Waals surface area contributed by atoms with Crippen molar-refractivity contribution in [1.29, 1.82) is 10.5 Å². The maximum absolute atomic E-state index is 9.07. The van der Waals surface area contributed by atoms with E-state index in [9.17, 15) is 0 Å². The minimum atomic E-state index is 0.0213. The molecule has 29 heavy (non-hydrogen) atoms. The molecule has 0 heterocycles. The average molecular weight is 387 g/mol. The molecule has 0 amide bonds. The van der Waals surface area contributed by atoms with E-state index in [0.717, 1.165) is 37.2 Å². The second-order valence-corrected chi connectivity index (χ2v) is 7.44. The van der Waals surface area contributed by atoms with E-state index in [-0.39, 0.29) is 17.5 Å². The van der Waals surface area contributed by atoms with Crippen molar-refractivity contribution in [2.75, 3.05) is 18.0 Å². The topological polar surface area (TPSA) is 63.2 Å². The van der Waals surface area contributed by atoms with E-state index in [0.29, 0.717) is 5.57 Å². The molecule has 0 aliphatic heterocycles. The number of nitriles is 2. The Morgan fingerprint density at radius 1 is 1.00 bits per heavy atom. The summed E-state index contributed by atoms with van der Waals surface area (Å²) in [6.45, 7) is 10.7. The van der Waals surface area contributed by atoms with Crippen LogP contribution in [0.3, 0.4) is 0 Å². The van der Waals surface area contributed by atoms with Crippen LogP contribution in [0.5, 0.6) is 0 Å². The Bertz CT molecular complexity index is 848. The predicted octanol–water partition coefficient (Wildman–Crippen LogP) is 5.60. The lowest BCUT2D eigenvalue weighted by atomic mass is 9.90. The normalized spacial score (nSPS) is 15.9.